The molecular weight excluding hydrogens is 638 g/mol. The van der Waals surface area contributed by atoms with E-state index in [4.69, 9.17) is 0 Å². The maximum Gasteiger partial charge on any atom is 0.290 e. The van der Waals surface area contributed by atoms with Gasteiger partial charge in [0.2, 0.25) is 23.5 Å². The van der Waals surface area contributed by atoms with Crippen LogP contribution in [0.5, 0.6) is 0 Å². The molecule has 13 heteroatoms. The maximum absolute atomic E-state index is 14.3. The third-order valence-corrected chi connectivity index (χ3v) is 9.39. The van der Waals surface area contributed by atoms with Crippen molar-refractivity contribution in [2.45, 2.75) is 91.0 Å². The highest BCUT2D eigenvalue weighted by Crippen LogP contribution is 2.39. The van der Waals surface area contributed by atoms with Gasteiger partial charge in [-0.3, -0.25) is 33.8 Å². The summed E-state index contributed by atoms with van der Waals surface area (Å²) in [5.74, 6) is -4.62. The van der Waals surface area contributed by atoms with E-state index in [1.807, 2.05) is 49.4 Å². The van der Waals surface area contributed by atoms with Crippen molar-refractivity contribution in [3.63, 3.8) is 0 Å². The summed E-state index contributed by atoms with van der Waals surface area (Å²) in [4.78, 5) is 90.6. The van der Waals surface area contributed by atoms with Crippen LogP contribution in [0.1, 0.15) is 82.9 Å². The van der Waals surface area contributed by atoms with E-state index in [0.717, 1.165) is 5.56 Å². The second-order valence-corrected chi connectivity index (χ2v) is 13.8. The zero-order chi connectivity index (χ0) is 36.5. The summed E-state index contributed by atoms with van der Waals surface area (Å²) in [6.07, 6.45) is 9.43. The Kier molecular flexibility index (Phi) is 13.0. The van der Waals surface area contributed by atoms with Crippen LogP contribution in [0.3, 0.4) is 0 Å². The number of nitrogens with one attached hydrogen (secondary N) is 4. The van der Waals surface area contributed by atoms with Gasteiger partial charge < -0.3 is 26.2 Å². The summed E-state index contributed by atoms with van der Waals surface area (Å²) in [7, 11) is 0. The van der Waals surface area contributed by atoms with Gasteiger partial charge in [-0.2, -0.15) is 0 Å². The summed E-state index contributed by atoms with van der Waals surface area (Å²) < 4.78 is 0. The number of fused-ring (bicyclic) bond motifs is 1. The number of rotatable bonds is 15. The Labute approximate surface area is 293 Å². The van der Waals surface area contributed by atoms with Crippen LogP contribution in [0.25, 0.3) is 0 Å². The van der Waals surface area contributed by atoms with Gasteiger partial charge in [-0.1, -0.05) is 83.5 Å². The quantitative estimate of drug-likeness (QED) is 0.163. The summed E-state index contributed by atoms with van der Waals surface area (Å²) in [5, 5.41) is 11.1. The summed E-state index contributed by atoms with van der Waals surface area (Å²) in [5.41, 5.74) is 0.889. The molecule has 1 saturated heterocycles. The van der Waals surface area contributed by atoms with E-state index >= 15 is 0 Å². The van der Waals surface area contributed by atoms with Gasteiger partial charge in [-0.15, -0.1) is 0 Å². The van der Waals surface area contributed by atoms with Gasteiger partial charge >= 0.3 is 0 Å². The van der Waals surface area contributed by atoms with Gasteiger partial charge in [-0.25, -0.2) is 4.98 Å². The Balaban J connectivity index is 1.50. The maximum atomic E-state index is 14.3. The fraction of sp³-hybridized carbons (Fsp3) is 0.514. The Morgan fingerprint density at radius 3 is 2.20 bits per heavy atom. The van der Waals surface area contributed by atoms with Crippen molar-refractivity contribution in [1.29, 1.82) is 0 Å². The van der Waals surface area contributed by atoms with Crippen LogP contribution in [0.2, 0.25) is 0 Å². The molecule has 268 valence electrons. The van der Waals surface area contributed by atoms with E-state index in [1.165, 1.54) is 23.5 Å². The monoisotopic (exact) mass is 687 g/mol. The molecule has 0 spiro atoms. The number of carbonyl (C=O) groups excluding carboxylic acids is 6. The van der Waals surface area contributed by atoms with Crippen LogP contribution >= 0.6 is 0 Å². The molecule has 2 aromatic rings. The van der Waals surface area contributed by atoms with Gasteiger partial charge in [0.05, 0.1) is 18.3 Å². The zero-order valence-corrected chi connectivity index (χ0v) is 29.6. The van der Waals surface area contributed by atoms with Crippen LogP contribution in [-0.4, -0.2) is 80.9 Å². The van der Waals surface area contributed by atoms with Crippen molar-refractivity contribution in [1.82, 2.24) is 36.1 Å². The lowest BCUT2D eigenvalue weighted by molar-refractivity contribution is -0.145. The molecule has 13 nitrogen and oxygen atoms in total. The number of amides is 5. The average Bonchev–Trinajstić information content (AvgIpc) is 3.71. The molecule has 0 radical (unpaired) electrons. The first-order chi connectivity index (χ1) is 23.8. The topological polar surface area (TPSA) is 180 Å². The van der Waals surface area contributed by atoms with Gasteiger partial charge in [0.25, 0.3) is 11.8 Å². The number of ketones is 1. The molecule has 1 unspecified atom stereocenters. The van der Waals surface area contributed by atoms with Crippen molar-refractivity contribution in [3.05, 3.63) is 72.3 Å². The predicted molar refractivity (Wildman–Crippen MR) is 186 cm³/mol. The number of allylic oxidation sites excluding steroid dienone is 1. The fourth-order valence-corrected chi connectivity index (χ4v) is 6.59. The number of nitrogens with zero attached hydrogens (tertiary/aromatic N) is 3. The van der Waals surface area contributed by atoms with Crippen LogP contribution in [0, 0.1) is 23.7 Å². The molecule has 2 aliphatic rings. The zero-order valence-electron chi connectivity index (χ0n) is 29.6. The number of likely N-dealkylation sites (tertiary alicyclic amines) is 1. The van der Waals surface area contributed by atoms with Gasteiger partial charge in [-0.05, 0) is 43.1 Å². The Bertz CT molecular complexity index is 1560. The summed E-state index contributed by atoms with van der Waals surface area (Å²) in [6.45, 7) is 11.0. The molecule has 7 atom stereocenters. The first kappa shape index (κ1) is 37.9. The van der Waals surface area contributed by atoms with Crippen LogP contribution in [0.15, 0.2) is 61.1 Å². The smallest absolute Gasteiger partial charge is 0.290 e. The lowest BCUT2D eigenvalue weighted by Gasteiger charge is -2.33. The first-order valence-electron chi connectivity index (χ1n) is 17.4. The molecule has 50 heavy (non-hydrogen) atoms. The minimum absolute atomic E-state index is 0.0519. The molecule has 0 saturated carbocycles. The van der Waals surface area contributed by atoms with Crippen molar-refractivity contribution in [2.75, 3.05) is 6.54 Å². The standard InChI is InChI=1S/C37H49N7O6/c1-7-12-27(32(45)36(49)40-23(6)24-13-9-8-10-14-24)41-35(48)31-26-16-11-15-25(26)20-44(31)37(50)30(22(4)5)43-34(47)29(21(2)3)42-33(46)28-19-38-17-18-39-28/h8-11,13-15,17-19,21-23,25-27,29-31H,7,12,16,20H2,1-6H3,(H,40,49)(H,41,48)(H,42,46)(H,43,47)/t23-,25-,26-,27?,29+,30-,31-/m0/s1. The van der Waals surface area contributed by atoms with E-state index in [0.29, 0.717) is 12.8 Å². The minimum Gasteiger partial charge on any atom is -0.344 e. The second-order valence-electron chi connectivity index (χ2n) is 13.8. The van der Waals surface area contributed by atoms with Gasteiger partial charge in [0.15, 0.2) is 0 Å². The predicted octanol–water partition coefficient (Wildman–Crippen LogP) is 2.51. The van der Waals surface area contributed by atoms with Crippen molar-refractivity contribution in [2.24, 2.45) is 23.7 Å². The molecule has 0 bridgehead atoms. The molecule has 4 N–H and O–H groups in total. The van der Waals surface area contributed by atoms with Crippen molar-refractivity contribution >= 4 is 35.3 Å². The minimum atomic E-state index is -1.08. The van der Waals surface area contributed by atoms with Gasteiger partial charge in [0.1, 0.15) is 23.8 Å². The molecule has 1 fully saturated rings. The molecule has 1 aliphatic heterocycles. The third kappa shape index (κ3) is 8.99. The largest absolute Gasteiger partial charge is 0.344 e. The Morgan fingerprint density at radius 1 is 0.880 bits per heavy atom. The molecule has 4 rings (SSSR count). The highest BCUT2D eigenvalue weighted by atomic mass is 16.2. The number of Topliss-reactive ketones (excluding diaryl/α,β-unsaturated/α-hetero) is 1. The van der Waals surface area contributed by atoms with Crippen molar-refractivity contribution in [3.8, 4) is 0 Å². The van der Waals surface area contributed by atoms with Gasteiger partial charge in [0, 0.05) is 24.9 Å². The molecule has 1 aromatic carbocycles. The summed E-state index contributed by atoms with van der Waals surface area (Å²) >= 11 is 0. The Hall–Kier alpha value is -4.94. The molecule has 1 aliphatic carbocycles. The summed E-state index contributed by atoms with van der Waals surface area (Å²) in [6, 6.07) is 4.85. The van der Waals surface area contributed by atoms with Crippen molar-refractivity contribution < 1.29 is 28.8 Å². The Morgan fingerprint density at radius 2 is 1.58 bits per heavy atom. The highest BCUT2D eigenvalue weighted by Gasteiger charge is 2.50. The third-order valence-electron chi connectivity index (χ3n) is 9.39. The van der Waals surface area contributed by atoms with E-state index in [9.17, 15) is 28.8 Å². The number of aromatic nitrogens is 2. The van der Waals surface area contributed by atoms with Crippen LogP contribution < -0.4 is 21.3 Å². The lowest BCUT2D eigenvalue weighted by atomic mass is 9.92. The van der Waals surface area contributed by atoms with E-state index in [2.05, 4.69) is 31.2 Å². The van der Waals surface area contributed by atoms with Crippen LogP contribution in [0.4, 0.5) is 0 Å². The number of hydrogen-bond donors (Lipinski definition) is 4. The number of benzene rings is 1. The first-order valence-corrected chi connectivity index (χ1v) is 17.4. The number of carbonyl (C=O) groups is 6. The average molecular weight is 688 g/mol. The molecule has 5 amide bonds. The normalized spacial score (nSPS) is 20.4. The number of hydrogen-bond acceptors (Lipinski definition) is 8. The van der Waals surface area contributed by atoms with Crippen LogP contribution in [-0.2, 0) is 24.0 Å². The lowest BCUT2D eigenvalue weighted by Crippen LogP contribution is -2.60. The second kappa shape index (κ2) is 17.1. The molecule has 2 heterocycles. The highest BCUT2D eigenvalue weighted by molar-refractivity contribution is 6.38. The van der Waals surface area contributed by atoms with E-state index in [-0.39, 0.29) is 42.3 Å². The molecule has 1 aromatic heterocycles. The SMILES string of the molecule is CCCC(NC(=O)[C@@H]1[C@H]2CC=C[C@H]2CN1C(=O)[C@@H](NC(=O)[C@H](NC(=O)c1cnccn1)C(C)C)C(C)C)C(=O)C(=O)N[C@@H](C)c1ccccc1. The van der Waals surface area contributed by atoms with E-state index < -0.39 is 65.5 Å². The fourth-order valence-electron chi connectivity index (χ4n) is 6.59. The van der Waals surface area contributed by atoms with E-state index in [1.54, 1.807) is 34.6 Å². The molecular formula is C37H49N7O6.